The first-order valence-electron chi connectivity index (χ1n) is 10.9. The molecule has 2 aromatic heterocycles. The summed E-state index contributed by atoms with van der Waals surface area (Å²) >= 11 is 3.49. The van der Waals surface area contributed by atoms with E-state index in [9.17, 15) is 4.79 Å². The number of fused-ring (bicyclic) bond motifs is 1. The van der Waals surface area contributed by atoms with Gasteiger partial charge in [-0.15, -0.1) is 0 Å². The van der Waals surface area contributed by atoms with Crippen molar-refractivity contribution in [3.05, 3.63) is 50.9 Å². The molecule has 1 N–H and O–H groups in total. The third kappa shape index (κ3) is 3.94. The van der Waals surface area contributed by atoms with Crippen LogP contribution in [0.1, 0.15) is 37.3 Å². The van der Waals surface area contributed by atoms with E-state index in [0.29, 0.717) is 16.1 Å². The molecule has 2 aliphatic rings. The van der Waals surface area contributed by atoms with Crippen molar-refractivity contribution in [2.75, 3.05) is 36.5 Å². The van der Waals surface area contributed by atoms with Crippen molar-refractivity contribution in [2.45, 2.75) is 38.6 Å². The molecular formula is C23H26BrN5O2. The van der Waals surface area contributed by atoms with Crippen molar-refractivity contribution in [1.29, 1.82) is 0 Å². The van der Waals surface area contributed by atoms with Crippen LogP contribution in [0.4, 0.5) is 17.3 Å². The summed E-state index contributed by atoms with van der Waals surface area (Å²) in [6.07, 6.45) is 6.14. The Balaban J connectivity index is 1.47. The lowest BCUT2D eigenvalue weighted by Crippen LogP contribution is -2.36. The predicted molar refractivity (Wildman–Crippen MR) is 126 cm³/mol. The number of morpholine rings is 1. The summed E-state index contributed by atoms with van der Waals surface area (Å²) in [7, 11) is 0. The van der Waals surface area contributed by atoms with E-state index < -0.39 is 0 Å². The molecule has 0 amide bonds. The molecule has 8 heteroatoms. The lowest BCUT2D eigenvalue weighted by atomic mass is 10.1. The fourth-order valence-electron chi connectivity index (χ4n) is 4.57. The molecule has 1 saturated heterocycles. The molecule has 0 atom stereocenters. The molecule has 2 fully saturated rings. The largest absolute Gasteiger partial charge is 0.378 e. The second kappa shape index (κ2) is 8.59. The highest BCUT2D eigenvalue weighted by Crippen LogP contribution is 2.32. The maximum Gasteiger partial charge on any atom is 0.267 e. The van der Waals surface area contributed by atoms with Crippen LogP contribution in [0.25, 0.3) is 11.0 Å². The first-order valence-corrected chi connectivity index (χ1v) is 11.7. The maximum absolute atomic E-state index is 13.1. The fraction of sp³-hybridized carbons (Fsp3) is 0.435. The zero-order valence-corrected chi connectivity index (χ0v) is 19.2. The average Bonchev–Trinajstić information content (AvgIpc) is 3.33. The van der Waals surface area contributed by atoms with Crippen LogP contribution in [-0.4, -0.2) is 40.8 Å². The number of rotatable bonds is 4. The Morgan fingerprint density at radius 1 is 1.13 bits per heavy atom. The van der Waals surface area contributed by atoms with E-state index in [-0.39, 0.29) is 11.6 Å². The van der Waals surface area contributed by atoms with Crippen LogP contribution in [-0.2, 0) is 4.74 Å². The summed E-state index contributed by atoms with van der Waals surface area (Å²) in [5.74, 6) is 0.500. The Labute approximate surface area is 189 Å². The van der Waals surface area contributed by atoms with Gasteiger partial charge in [-0.2, -0.15) is 4.98 Å². The number of aromatic nitrogens is 3. The Kier molecular flexibility index (Phi) is 5.67. The van der Waals surface area contributed by atoms with Crippen molar-refractivity contribution in [1.82, 2.24) is 14.5 Å². The number of nitrogens with one attached hydrogen (secondary N) is 1. The minimum absolute atomic E-state index is 0.00332. The van der Waals surface area contributed by atoms with Crippen LogP contribution < -0.4 is 15.8 Å². The van der Waals surface area contributed by atoms with Gasteiger partial charge in [0.05, 0.1) is 17.7 Å². The van der Waals surface area contributed by atoms with Gasteiger partial charge in [0.1, 0.15) is 5.65 Å². The number of halogens is 1. The number of nitrogens with zero attached hydrogens (tertiary/aromatic N) is 4. The van der Waals surface area contributed by atoms with Gasteiger partial charge in [0.15, 0.2) is 0 Å². The number of ether oxygens (including phenoxy) is 1. The van der Waals surface area contributed by atoms with Crippen molar-refractivity contribution >= 4 is 44.3 Å². The third-order valence-corrected chi connectivity index (χ3v) is 7.26. The molecule has 31 heavy (non-hydrogen) atoms. The molecule has 0 spiro atoms. The van der Waals surface area contributed by atoms with Gasteiger partial charge < -0.3 is 15.0 Å². The Morgan fingerprint density at radius 2 is 1.84 bits per heavy atom. The number of pyridine rings is 1. The first-order chi connectivity index (χ1) is 15.1. The number of aryl methyl sites for hydroxylation is 1. The Bertz CT molecular complexity index is 1150. The molecule has 1 aliphatic heterocycles. The SMILES string of the molecule is Cc1c(Br)c(=O)n(C2CCCC2)c2nc(Nc3ccc(N4CCOCC4)cc3)ncc12. The highest BCUT2D eigenvalue weighted by atomic mass is 79.9. The fourth-order valence-corrected chi connectivity index (χ4v) is 4.97. The molecule has 1 saturated carbocycles. The summed E-state index contributed by atoms with van der Waals surface area (Å²) in [5, 5.41) is 4.21. The van der Waals surface area contributed by atoms with Crippen molar-refractivity contribution < 1.29 is 4.74 Å². The van der Waals surface area contributed by atoms with Crippen LogP contribution >= 0.6 is 15.9 Å². The summed E-state index contributed by atoms with van der Waals surface area (Å²) in [4.78, 5) is 24.7. The van der Waals surface area contributed by atoms with Gasteiger partial charge in [0.2, 0.25) is 5.95 Å². The van der Waals surface area contributed by atoms with Crippen LogP contribution in [0.15, 0.2) is 39.7 Å². The number of hydrogen-bond donors (Lipinski definition) is 1. The molecule has 5 rings (SSSR count). The van der Waals surface area contributed by atoms with Gasteiger partial charge in [0.25, 0.3) is 5.56 Å². The number of anilines is 3. The second-order valence-corrected chi connectivity index (χ2v) is 9.05. The van der Waals surface area contributed by atoms with Crippen molar-refractivity contribution in [3.8, 4) is 0 Å². The molecule has 3 aromatic rings. The molecular weight excluding hydrogens is 458 g/mol. The first kappa shape index (κ1) is 20.5. The summed E-state index contributed by atoms with van der Waals surface area (Å²) in [6, 6.07) is 8.47. The molecule has 162 valence electrons. The van der Waals surface area contributed by atoms with Gasteiger partial charge in [0, 0.05) is 42.1 Å². The van der Waals surface area contributed by atoms with E-state index in [2.05, 4.69) is 43.3 Å². The van der Waals surface area contributed by atoms with E-state index >= 15 is 0 Å². The van der Waals surface area contributed by atoms with E-state index in [1.165, 1.54) is 5.69 Å². The molecule has 3 heterocycles. The monoisotopic (exact) mass is 483 g/mol. The molecule has 1 aliphatic carbocycles. The van der Waals surface area contributed by atoms with Crippen LogP contribution in [0, 0.1) is 6.92 Å². The normalized spacial score (nSPS) is 17.4. The zero-order chi connectivity index (χ0) is 21.4. The molecule has 7 nitrogen and oxygen atoms in total. The van der Waals surface area contributed by atoms with Gasteiger partial charge in [-0.05, 0) is 65.5 Å². The van der Waals surface area contributed by atoms with Crippen molar-refractivity contribution in [2.24, 2.45) is 0 Å². The quantitative estimate of drug-likeness (QED) is 0.586. The van der Waals surface area contributed by atoms with Gasteiger partial charge in [-0.25, -0.2) is 4.98 Å². The van der Waals surface area contributed by atoms with E-state index in [1.807, 2.05) is 29.8 Å². The van der Waals surface area contributed by atoms with Crippen LogP contribution in [0.3, 0.4) is 0 Å². The van der Waals surface area contributed by atoms with Gasteiger partial charge >= 0.3 is 0 Å². The second-order valence-electron chi connectivity index (χ2n) is 8.25. The average molecular weight is 484 g/mol. The van der Waals surface area contributed by atoms with Gasteiger partial charge in [-0.3, -0.25) is 9.36 Å². The molecule has 0 unspecified atom stereocenters. The summed E-state index contributed by atoms with van der Waals surface area (Å²) < 4.78 is 7.91. The third-order valence-electron chi connectivity index (χ3n) is 6.33. The van der Waals surface area contributed by atoms with Gasteiger partial charge in [-0.1, -0.05) is 12.8 Å². The van der Waals surface area contributed by atoms with E-state index in [4.69, 9.17) is 9.72 Å². The summed E-state index contributed by atoms with van der Waals surface area (Å²) in [6.45, 7) is 5.29. The Hall–Kier alpha value is -2.45. The molecule has 0 bridgehead atoms. The molecule has 1 aromatic carbocycles. The highest BCUT2D eigenvalue weighted by molar-refractivity contribution is 9.10. The predicted octanol–water partition coefficient (Wildman–Crippen LogP) is 4.56. The smallest absolute Gasteiger partial charge is 0.267 e. The minimum Gasteiger partial charge on any atom is -0.378 e. The zero-order valence-electron chi connectivity index (χ0n) is 17.6. The topological polar surface area (TPSA) is 72.3 Å². The highest BCUT2D eigenvalue weighted by Gasteiger charge is 2.23. The minimum atomic E-state index is -0.00332. The lowest BCUT2D eigenvalue weighted by molar-refractivity contribution is 0.122. The van der Waals surface area contributed by atoms with E-state index in [1.54, 1.807) is 0 Å². The molecule has 0 radical (unpaired) electrons. The van der Waals surface area contributed by atoms with Crippen LogP contribution in [0.5, 0.6) is 0 Å². The maximum atomic E-state index is 13.1. The number of benzene rings is 1. The number of hydrogen-bond acceptors (Lipinski definition) is 6. The van der Waals surface area contributed by atoms with E-state index in [0.717, 1.165) is 68.6 Å². The van der Waals surface area contributed by atoms with Crippen LogP contribution in [0.2, 0.25) is 0 Å². The van der Waals surface area contributed by atoms with Crippen molar-refractivity contribution in [3.63, 3.8) is 0 Å². The Morgan fingerprint density at radius 3 is 2.55 bits per heavy atom. The standard InChI is InChI=1S/C23H26BrN5O2/c1-15-19-14-25-23(26-16-6-8-17(9-7-16)28-10-12-31-13-11-28)27-21(19)29(22(30)20(15)24)18-4-2-3-5-18/h6-9,14,18H,2-5,10-13H2,1H3,(H,25,26,27). The lowest BCUT2D eigenvalue weighted by Gasteiger charge is -2.28. The summed E-state index contributed by atoms with van der Waals surface area (Å²) in [5.41, 5.74) is 3.69.